The average Bonchev–Trinajstić information content (AvgIpc) is 2.53. The summed E-state index contributed by atoms with van der Waals surface area (Å²) in [5.41, 5.74) is 0. The van der Waals surface area contributed by atoms with E-state index in [1.54, 1.807) is 0 Å². The van der Waals surface area contributed by atoms with Crippen molar-refractivity contribution in [3.63, 3.8) is 0 Å². The Bertz CT molecular complexity index is 281. The van der Waals surface area contributed by atoms with Gasteiger partial charge in [-0.1, -0.05) is 12.8 Å². The molecule has 0 bridgehead atoms. The standard InChI is InChI=1S/C16H32N2O4/c1-17(13-9-15(19)21-3)11-7-5-6-8-12-18(2)14-10-16(20)22-4/h5-14H2,1-4H3. The van der Waals surface area contributed by atoms with Gasteiger partial charge in [0.05, 0.1) is 27.1 Å². The lowest BCUT2D eigenvalue weighted by Gasteiger charge is -2.17. The molecule has 0 aromatic carbocycles. The summed E-state index contributed by atoms with van der Waals surface area (Å²) in [6, 6.07) is 0. The molecule has 0 atom stereocenters. The normalized spacial score (nSPS) is 11.0. The zero-order valence-corrected chi connectivity index (χ0v) is 14.6. The maximum Gasteiger partial charge on any atom is 0.306 e. The number of nitrogens with zero attached hydrogens (tertiary/aromatic N) is 2. The van der Waals surface area contributed by atoms with Crippen LogP contribution in [-0.4, -0.2) is 76.2 Å². The van der Waals surface area contributed by atoms with Crippen LogP contribution in [0.25, 0.3) is 0 Å². The summed E-state index contributed by atoms with van der Waals surface area (Å²) in [6.07, 6.45) is 5.57. The van der Waals surface area contributed by atoms with Crippen molar-refractivity contribution in [1.29, 1.82) is 0 Å². The van der Waals surface area contributed by atoms with Gasteiger partial charge in [-0.15, -0.1) is 0 Å². The lowest BCUT2D eigenvalue weighted by atomic mass is 10.2. The minimum atomic E-state index is -0.151. The molecule has 0 aromatic heterocycles. The Morgan fingerprint density at radius 1 is 0.682 bits per heavy atom. The first-order valence-electron chi connectivity index (χ1n) is 8.00. The van der Waals surface area contributed by atoms with Crippen molar-refractivity contribution in [1.82, 2.24) is 9.80 Å². The highest BCUT2D eigenvalue weighted by atomic mass is 16.5. The van der Waals surface area contributed by atoms with E-state index in [9.17, 15) is 9.59 Å². The highest BCUT2D eigenvalue weighted by Crippen LogP contribution is 2.03. The Hall–Kier alpha value is -1.14. The Kier molecular flexibility index (Phi) is 12.8. The van der Waals surface area contributed by atoms with Crippen molar-refractivity contribution in [2.45, 2.75) is 38.5 Å². The fraction of sp³-hybridized carbons (Fsp3) is 0.875. The van der Waals surface area contributed by atoms with Gasteiger partial charge in [-0.3, -0.25) is 9.59 Å². The van der Waals surface area contributed by atoms with E-state index in [0.717, 1.165) is 39.0 Å². The molecule has 22 heavy (non-hydrogen) atoms. The van der Waals surface area contributed by atoms with E-state index < -0.39 is 0 Å². The van der Waals surface area contributed by atoms with Crippen molar-refractivity contribution < 1.29 is 19.1 Å². The van der Waals surface area contributed by atoms with Gasteiger partial charge >= 0.3 is 11.9 Å². The molecule has 0 saturated carbocycles. The van der Waals surface area contributed by atoms with Gasteiger partial charge in [0.1, 0.15) is 0 Å². The van der Waals surface area contributed by atoms with Gasteiger partial charge in [-0.05, 0) is 40.0 Å². The molecule has 0 aromatic rings. The fourth-order valence-corrected chi connectivity index (χ4v) is 2.11. The summed E-state index contributed by atoms with van der Waals surface area (Å²) in [5.74, 6) is -0.302. The van der Waals surface area contributed by atoms with Crippen LogP contribution in [0, 0.1) is 0 Å². The Labute approximate surface area is 134 Å². The van der Waals surface area contributed by atoms with Crippen LogP contribution < -0.4 is 0 Å². The van der Waals surface area contributed by atoms with E-state index in [-0.39, 0.29) is 11.9 Å². The number of hydrogen-bond donors (Lipinski definition) is 0. The number of rotatable bonds is 13. The Morgan fingerprint density at radius 3 is 1.36 bits per heavy atom. The zero-order valence-electron chi connectivity index (χ0n) is 14.6. The van der Waals surface area contributed by atoms with Gasteiger partial charge < -0.3 is 19.3 Å². The van der Waals surface area contributed by atoms with Crippen LogP contribution in [-0.2, 0) is 19.1 Å². The molecule has 0 fully saturated rings. The number of esters is 2. The quantitative estimate of drug-likeness (QED) is 0.379. The van der Waals surface area contributed by atoms with Crippen molar-refractivity contribution in [2.24, 2.45) is 0 Å². The monoisotopic (exact) mass is 316 g/mol. The molecule has 0 amide bonds. The second-order valence-electron chi connectivity index (χ2n) is 5.67. The molecule has 6 heteroatoms. The molecular formula is C16H32N2O4. The summed E-state index contributed by atoms with van der Waals surface area (Å²) in [5, 5.41) is 0. The summed E-state index contributed by atoms with van der Waals surface area (Å²) in [4.78, 5) is 26.4. The third-order valence-corrected chi connectivity index (χ3v) is 3.68. The number of carbonyl (C=O) groups excluding carboxylic acids is 2. The molecule has 0 N–H and O–H groups in total. The molecule has 0 radical (unpaired) electrons. The average molecular weight is 316 g/mol. The van der Waals surface area contributed by atoms with Crippen molar-refractivity contribution in [2.75, 3.05) is 54.5 Å². The molecule has 0 aliphatic rings. The van der Waals surface area contributed by atoms with Crippen LogP contribution >= 0.6 is 0 Å². The third-order valence-electron chi connectivity index (χ3n) is 3.68. The minimum absolute atomic E-state index is 0.151. The summed E-state index contributed by atoms with van der Waals surface area (Å²) < 4.78 is 9.25. The summed E-state index contributed by atoms with van der Waals surface area (Å²) in [6.45, 7) is 3.52. The van der Waals surface area contributed by atoms with Crippen LogP contribution in [0.5, 0.6) is 0 Å². The molecule has 0 aliphatic heterocycles. The van der Waals surface area contributed by atoms with E-state index in [1.165, 1.54) is 27.1 Å². The minimum Gasteiger partial charge on any atom is -0.469 e. The summed E-state index contributed by atoms with van der Waals surface area (Å²) in [7, 11) is 6.90. The first-order valence-corrected chi connectivity index (χ1v) is 8.00. The maximum absolute atomic E-state index is 11.0. The van der Waals surface area contributed by atoms with Crippen molar-refractivity contribution in [3.05, 3.63) is 0 Å². The van der Waals surface area contributed by atoms with E-state index in [1.807, 2.05) is 14.1 Å². The van der Waals surface area contributed by atoms with Crippen LogP contribution in [0.2, 0.25) is 0 Å². The van der Waals surface area contributed by atoms with Gasteiger partial charge in [0, 0.05) is 13.1 Å². The van der Waals surface area contributed by atoms with Gasteiger partial charge in [0.2, 0.25) is 0 Å². The number of hydrogen-bond acceptors (Lipinski definition) is 6. The topological polar surface area (TPSA) is 59.1 Å². The highest BCUT2D eigenvalue weighted by molar-refractivity contribution is 5.69. The number of methoxy groups -OCH3 is 2. The Morgan fingerprint density at radius 2 is 1.05 bits per heavy atom. The smallest absolute Gasteiger partial charge is 0.306 e. The summed E-state index contributed by atoms with van der Waals surface area (Å²) >= 11 is 0. The fourth-order valence-electron chi connectivity index (χ4n) is 2.11. The number of ether oxygens (including phenoxy) is 2. The van der Waals surface area contributed by atoms with Gasteiger partial charge in [-0.2, -0.15) is 0 Å². The van der Waals surface area contributed by atoms with Gasteiger partial charge in [-0.25, -0.2) is 0 Å². The largest absolute Gasteiger partial charge is 0.469 e. The van der Waals surface area contributed by atoms with Crippen LogP contribution in [0.4, 0.5) is 0 Å². The predicted molar refractivity (Wildman–Crippen MR) is 86.7 cm³/mol. The SMILES string of the molecule is COC(=O)CCN(C)CCCCCCN(C)CCC(=O)OC. The molecule has 0 rings (SSSR count). The molecule has 0 heterocycles. The molecule has 0 aliphatic carbocycles. The van der Waals surface area contributed by atoms with Crippen LogP contribution in [0.15, 0.2) is 0 Å². The van der Waals surface area contributed by atoms with Crippen molar-refractivity contribution in [3.8, 4) is 0 Å². The first-order chi connectivity index (χ1) is 10.5. The van der Waals surface area contributed by atoms with Gasteiger partial charge in [0.25, 0.3) is 0 Å². The molecule has 0 saturated heterocycles. The van der Waals surface area contributed by atoms with Gasteiger partial charge in [0.15, 0.2) is 0 Å². The molecule has 6 nitrogen and oxygen atoms in total. The number of unbranched alkanes of at least 4 members (excludes halogenated alkanes) is 3. The zero-order chi connectivity index (χ0) is 16.8. The van der Waals surface area contributed by atoms with E-state index in [4.69, 9.17) is 0 Å². The lowest BCUT2D eigenvalue weighted by molar-refractivity contribution is -0.141. The molecule has 130 valence electrons. The highest BCUT2D eigenvalue weighted by Gasteiger charge is 2.05. The second-order valence-corrected chi connectivity index (χ2v) is 5.67. The maximum atomic E-state index is 11.0. The number of carbonyl (C=O) groups is 2. The molecular weight excluding hydrogens is 284 g/mol. The molecule has 0 spiro atoms. The van der Waals surface area contributed by atoms with E-state index in [0.29, 0.717) is 12.8 Å². The van der Waals surface area contributed by atoms with Crippen molar-refractivity contribution >= 4 is 11.9 Å². The predicted octanol–water partition coefficient (Wildman–Crippen LogP) is 1.54. The second kappa shape index (κ2) is 13.5. The van der Waals surface area contributed by atoms with Crippen LogP contribution in [0.1, 0.15) is 38.5 Å². The molecule has 0 unspecified atom stereocenters. The van der Waals surface area contributed by atoms with E-state index in [2.05, 4.69) is 19.3 Å². The van der Waals surface area contributed by atoms with Crippen LogP contribution in [0.3, 0.4) is 0 Å². The third kappa shape index (κ3) is 12.6. The van der Waals surface area contributed by atoms with E-state index >= 15 is 0 Å². The lowest BCUT2D eigenvalue weighted by Crippen LogP contribution is -2.24. The Balaban J connectivity index is 3.42. The first kappa shape index (κ1) is 20.9.